The number of carbonyl (C=O) groups is 1. The highest BCUT2D eigenvalue weighted by molar-refractivity contribution is 5.88. The first-order chi connectivity index (χ1) is 7.74. The molecule has 1 atom stereocenters. The average molecular weight is 223 g/mol. The lowest BCUT2D eigenvalue weighted by molar-refractivity contribution is 0.0516. The van der Waals surface area contributed by atoms with E-state index in [-0.39, 0.29) is 11.9 Å². The highest BCUT2D eigenvalue weighted by Crippen LogP contribution is 2.38. The quantitative estimate of drug-likeness (QED) is 0.791. The molecular weight excluding hydrogens is 206 g/mol. The molecule has 1 unspecified atom stereocenters. The van der Waals surface area contributed by atoms with Crippen LogP contribution in [-0.4, -0.2) is 28.0 Å². The Hall–Kier alpha value is -1.39. The lowest BCUT2D eigenvalue weighted by atomic mass is 9.75. The number of nitrogens with one attached hydrogen (secondary N) is 1. The Kier molecular flexibility index (Phi) is 3.22. The zero-order chi connectivity index (χ0) is 11.5. The minimum absolute atomic E-state index is 0.284. The molecule has 1 N–H and O–H groups in total. The number of esters is 1. The molecule has 0 spiro atoms. The van der Waals surface area contributed by atoms with Crippen molar-refractivity contribution < 1.29 is 9.53 Å². The largest absolute Gasteiger partial charge is 0.461 e. The van der Waals surface area contributed by atoms with Gasteiger partial charge < -0.3 is 4.74 Å². The van der Waals surface area contributed by atoms with E-state index in [0.717, 1.165) is 5.69 Å². The number of aromatic amines is 1. The summed E-state index contributed by atoms with van der Waals surface area (Å²) in [5.41, 5.74) is 1.10. The van der Waals surface area contributed by atoms with Crippen molar-refractivity contribution in [2.75, 3.05) is 6.61 Å². The standard InChI is InChI=1S/C11H17N3O2/c1-3-16-11(15)10-9(12-14-13-10)7(2)8-5-4-6-8/h7-8H,3-6H2,1-2H3,(H,12,13,14). The van der Waals surface area contributed by atoms with Gasteiger partial charge in [-0.3, -0.25) is 0 Å². The number of nitrogens with zero attached hydrogens (tertiary/aromatic N) is 2. The van der Waals surface area contributed by atoms with Gasteiger partial charge in [-0.1, -0.05) is 13.3 Å². The molecule has 5 heteroatoms. The smallest absolute Gasteiger partial charge is 0.360 e. The fourth-order valence-electron chi connectivity index (χ4n) is 2.07. The minimum atomic E-state index is -0.377. The number of rotatable bonds is 4. The maximum Gasteiger partial charge on any atom is 0.360 e. The van der Waals surface area contributed by atoms with Gasteiger partial charge in [-0.05, 0) is 25.7 Å². The lowest BCUT2D eigenvalue weighted by Crippen LogP contribution is -2.20. The molecule has 1 heterocycles. The third kappa shape index (κ3) is 1.94. The van der Waals surface area contributed by atoms with E-state index >= 15 is 0 Å². The Morgan fingerprint density at radius 3 is 2.88 bits per heavy atom. The van der Waals surface area contributed by atoms with Crippen LogP contribution in [0.2, 0.25) is 0 Å². The van der Waals surface area contributed by atoms with Crippen LogP contribution in [0.15, 0.2) is 0 Å². The third-order valence-electron chi connectivity index (χ3n) is 3.33. The summed E-state index contributed by atoms with van der Waals surface area (Å²) >= 11 is 0. The van der Waals surface area contributed by atoms with Crippen LogP contribution in [0.3, 0.4) is 0 Å². The molecule has 0 radical (unpaired) electrons. The molecule has 16 heavy (non-hydrogen) atoms. The first-order valence-electron chi connectivity index (χ1n) is 5.81. The topological polar surface area (TPSA) is 67.9 Å². The maximum atomic E-state index is 11.6. The summed E-state index contributed by atoms with van der Waals surface area (Å²) in [4.78, 5) is 11.6. The van der Waals surface area contributed by atoms with E-state index in [1.165, 1.54) is 19.3 Å². The molecule has 88 valence electrons. The van der Waals surface area contributed by atoms with Gasteiger partial charge in [0, 0.05) is 5.92 Å². The Balaban J connectivity index is 2.14. The maximum absolute atomic E-state index is 11.6. The van der Waals surface area contributed by atoms with Gasteiger partial charge in [0.25, 0.3) is 0 Å². The summed E-state index contributed by atoms with van der Waals surface area (Å²) in [5, 5.41) is 10.5. The third-order valence-corrected chi connectivity index (χ3v) is 3.33. The van der Waals surface area contributed by atoms with Crippen molar-refractivity contribution in [1.29, 1.82) is 0 Å². The van der Waals surface area contributed by atoms with Crippen LogP contribution in [0.1, 0.15) is 55.2 Å². The predicted octanol–water partition coefficient (Wildman–Crippen LogP) is 1.89. The fraction of sp³-hybridized carbons (Fsp3) is 0.727. The van der Waals surface area contributed by atoms with Gasteiger partial charge in [0.05, 0.1) is 6.61 Å². The van der Waals surface area contributed by atoms with Crippen LogP contribution in [0, 0.1) is 5.92 Å². The molecule has 0 bridgehead atoms. The molecule has 5 nitrogen and oxygen atoms in total. The van der Waals surface area contributed by atoms with Crippen LogP contribution in [-0.2, 0) is 4.74 Å². The van der Waals surface area contributed by atoms with Crippen LogP contribution in [0.25, 0.3) is 0 Å². The summed E-state index contributed by atoms with van der Waals surface area (Å²) in [6.45, 7) is 4.25. The molecule has 0 aliphatic heterocycles. The van der Waals surface area contributed by atoms with Crippen molar-refractivity contribution >= 4 is 5.97 Å². The van der Waals surface area contributed by atoms with Gasteiger partial charge in [-0.2, -0.15) is 10.3 Å². The van der Waals surface area contributed by atoms with Crippen molar-refractivity contribution in [1.82, 2.24) is 15.4 Å². The summed E-state index contributed by atoms with van der Waals surface area (Å²) in [6, 6.07) is 0. The first-order valence-corrected chi connectivity index (χ1v) is 5.81. The van der Waals surface area contributed by atoms with E-state index in [0.29, 0.717) is 18.2 Å². The van der Waals surface area contributed by atoms with Gasteiger partial charge in [0.2, 0.25) is 0 Å². The Morgan fingerprint density at radius 2 is 2.31 bits per heavy atom. The van der Waals surface area contributed by atoms with Crippen LogP contribution < -0.4 is 0 Å². The van der Waals surface area contributed by atoms with Crippen molar-refractivity contribution in [3.63, 3.8) is 0 Å². The number of carbonyl (C=O) groups excluding carboxylic acids is 1. The molecule has 1 aromatic rings. The van der Waals surface area contributed by atoms with E-state index in [9.17, 15) is 4.79 Å². The van der Waals surface area contributed by atoms with Crippen molar-refractivity contribution in [2.45, 2.75) is 39.0 Å². The molecule has 0 amide bonds. The van der Waals surface area contributed by atoms with E-state index < -0.39 is 0 Å². The second-order valence-corrected chi connectivity index (χ2v) is 4.26. The molecule has 1 saturated carbocycles. The average Bonchev–Trinajstić information content (AvgIpc) is 2.63. The molecule has 2 rings (SSSR count). The van der Waals surface area contributed by atoms with Gasteiger partial charge in [-0.25, -0.2) is 4.79 Å². The number of hydrogen-bond donors (Lipinski definition) is 1. The van der Waals surface area contributed by atoms with Gasteiger partial charge >= 0.3 is 5.97 Å². The predicted molar refractivity (Wildman–Crippen MR) is 58.1 cm³/mol. The lowest BCUT2D eigenvalue weighted by Gasteiger charge is -2.30. The number of hydrogen-bond acceptors (Lipinski definition) is 4. The first kappa shape index (κ1) is 11.1. The second-order valence-electron chi connectivity index (χ2n) is 4.26. The van der Waals surface area contributed by atoms with Crippen molar-refractivity contribution in [2.24, 2.45) is 5.92 Å². The van der Waals surface area contributed by atoms with Crippen LogP contribution in [0.4, 0.5) is 0 Å². The van der Waals surface area contributed by atoms with Gasteiger partial charge in [0.15, 0.2) is 5.69 Å². The monoisotopic (exact) mass is 223 g/mol. The van der Waals surface area contributed by atoms with E-state index in [4.69, 9.17) is 4.74 Å². The molecule has 1 aliphatic carbocycles. The second kappa shape index (κ2) is 4.63. The highest BCUT2D eigenvalue weighted by Gasteiger charge is 2.30. The Labute approximate surface area is 94.6 Å². The summed E-state index contributed by atoms with van der Waals surface area (Å²) in [6.07, 6.45) is 3.72. The minimum Gasteiger partial charge on any atom is -0.461 e. The fourth-order valence-corrected chi connectivity index (χ4v) is 2.07. The number of ether oxygens (including phenoxy) is 1. The number of H-pyrrole nitrogens is 1. The summed E-state index contributed by atoms with van der Waals surface area (Å²) < 4.78 is 4.95. The zero-order valence-electron chi connectivity index (χ0n) is 9.69. The molecule has 1 aromatic heterocycles. The van der Waals surface area contributed by atoms with E-state index in [2.05, 4.69) is 22.3 Å². The summed E-state index contributed by atoms with van der Waals surface area (Å²) in [5.74, 6) is 0.544. The Bertz CT molecular complexity index is 371. The molecule has 1 aliphatic rings. The van der Waals surface area contributed by atoms with E-state index in [1.807, 2.05) is 0 Å². The number of aromatic nitrogens is 3. The Morgan fingerprint density at radius 1 is 1.56 bits per heavy atom. The highest BCUT2D eigenvalue weighted by atomic mass is 16.5. The molecule has 0 aromatic carbocycles. The zero-order valence-corrected chi connectivity index (χ0v) is 9.69. The molecule has 1 fully saturated rings. The molecular formula is C11H17N3O2. The van der Waals surface area contributed by atoms with Gasteiger partial charge in [-0.15, -0.1) is 5.10 Å². The summed E-state index contributed by atoms with van der Waals surface area (Å²) in [7, 11) is 0. The van der Waals surface area contributed by atoms with Crippen LogP contribution in [0.5, 0.6) is 0 Å². The molecule has 0 saturated heterocycles. The normalized spacial score (nSPS) is 17.9. The van der Waals surface area contributed by atoms with Crippen LogP contribution >= 0.6 is 0 Å². The van der Waals surface area contributed by atoms with E-state index in [1.54, 1.807) is 6.92 Å². The van der Waals surface area contributed by atoms with Crippen molar-refractivity contribution in [3.8, 4) is 0 Å². The van der Waals surface area contributed by atoms with Gasteiger partial charge in [0.1, 0.15) is 5.69 Å². The van der Waals surface area contributed by atoms with Crippen molar-refractivity contribution in [3.05, 3.63) is 11.4 Å². The SMILES string of the molecule is CCOC(=O)c1n[nH]nc1C(C)C1CCC1.